The van der Waals surface area contributed by atoms with Gasteiger partial charge in [-0.25, -0.2) is 0 Å². The first kappa shape index (κ1) is 18.7. The monoisotopic (exact) mass is 392 g/mol. The fourth-order valence-electron chi connectivity index (χ4n) is 3.30. The molecule has 1 N–H and O–H groups in total. The fourth-order valence-corrected chi connectivity index (χ4v) is 4.03. The van der Waals surface area contributed by atoms with Gasteiger partial charge in [-0.1, -0.05) is 72.4 Å². The van der Waals surface area contributed by atoms with Crippen LogP contribution in [0.2, 0.25) is 0 Å². The van der Waals surface area contributed by atoms with Crippen LogP contribution in [0.1, 0.15) is 41.8 Å². The highest BCUT2D eigenvalue weighted by Crippen LogP contribution is 2.39. The SMILES string of the molecule is Cn1c(SCC(=O)N[C@@H](Cc2ccccc2)c2ccccc2)nnc1C1CC1. The summed E-state index contributed by atoms with van der Waals surface area (Å²) >= 11 is 1.44. The molecule has 0 aliphatic heterocycles. The zero-order chi connectivity index (χ0) is 19.3. The second-order valence-corrected chi connectivity index (χ2v) is 8.13. The van der Waals surface area contributed by atoms with Crippen molar-refractivity contribution in [1.82, 2.24) is 20.1 Å². The standard InChI is InChI=1S/C22H24N4OS/c1-26-21(18-12-13-18)24-25-22(26)28-15-20(27)23-19(17-10-6-3-7-11-17)14-16-8-4-2-5-9-16/h2-11,18-19H,12-15H2,1H3,(H,23,27)/t19-/m0/s1. The molecule has 144 valence electrons. The quantitative estimate of drug-likeness (QED) is 0.591. The Balaban J connectivity index is 1.40. The minimum atomic E-state index is -0.0572. The lowest BCUT2D eigenvalue weighted by molar-refractivity contribution is -0.119. The fraction of sp³-hybridized carbons (Fsp3) is 0.318. The van der Waals surface area contributed by atoms with Crippen LogP contribution < -0.4 is 5.32 Å². The van der Waals surface area contributed by atoms with Gasteiger partial charge in [-0.3, -0.25) is 4.79 Å². The van der Waals surface area contributed by atoms with E-state index in [2.05, 4.69) is 39.8 Å². The predicted octanol–water partition coefficient (Wildman–Crippen LogP) is 3.88. The summed E-state index contributed by atoms with van der Waals surface area (Å²) in [6.45, 7) is 0. The zero-order valence-corrected chi connectivity index (χ0v) is 16.7. The minimum absolute atomic E-state index is 0.00533. The summed E-state index contributed by atoms with van der Waals surface area (Å²) in [6.07, 6.45) is 3.14. The van der Waals surface area contributed by atoms with Gasteiger partial charge in [-0.15, -0.1) is 10.2 Å². The average molecular weight is 393 g/mol. The van der Waals surface area contributed by atoms with Crippen molar-refractivity contribution in [3.8, 4) is 0 Å². The molecule has 1 heterocycles. The highest BCUT2D eigenvalue weighted by molar-refractivity contribution is 7.99. The van der Waals surface area contributed by atoms with E-state index in [4.69, 9.17) is 0 Å². The second kappa shape index (κ2) is 8.61. The molecule has 0 saturated heterocycles. The lowest BCUT2D eigenvalue weighted by atomic mass is 9.99. The number of hydrogen-bond acceptors (Lipinski definition) is 4. The number of carbonyl (C=O) groups excluding carboxylic acids is 1. The number of thioether (sulfide) groups is 1. The van der Waals surface area contributed by atoms with Crippen LogP contribution in [0.15, 0.2) is 65.8 Å². The lowest BCUT2D eigenvalue weighted by Gasteiger charge is -2.19. The predicted molar refractivity (Wildman–Crippen MR) is 111 cm³/mol. The Morgan fingerprint density at radius 3 is 2.46 bits per heavy atom. The van der Waals surface area contributed by atoms with Crippen molar-refractivity contribution in [3.05, 3.63) is 77.6 Å². The molecule has 5 nitrogen and oxygen atoms in total. The first-order valence-corrected chi connectivity index (χ1v) is 10.6. The van der Waals surface area contributed by atoms with Crippen LogP contribution in [-0.2, 0) is 18.3 Å². The van der Waals surface area contributed by atoms with E-state index in [0.717, 1.165) is 23.0 Å². The van der Waals surface area contributed by atoms with Gasteiger partial charge in [0.05, 0.1) is 11.8 Å². The molecule has 28 heavy (non-hydrogen) atoms. The van der Waals surface area contributed by atoms with Crippen molar-refractivity contribution < 1.29 is 4.79 Å². The summed E-state index contributed by atoms with van der Waals surface area (Å²) in [5.41, 5.74) is 2.31. The average Bonchev–Trinajstić information content (AvgIpc) is 3.50. The van der Waals surface area contributed by atoms with Gasteiger partial charge in [0.1, 0.15) is 5.82 Å². The molecule has 1 fully saturated rings. The third-order valence-electron chi connectivity index (χ3n) is 4.96. The molecule has 1 aromatic heterocycles. The van der Waals surface area contributed by atoms with Crippen molar-refractivity contribution in [1.29, 1.82) is 0 Å². The number of nitrogens with zero attached hydrogens (tertiary/aromatic N) is 3. The first-order chi connectivity index (χ1) is 13.7. The number of rotatable bonds is 8. The van der Waals surface area contributed by atoms with E-state index in [9.17, 15) is 4.79 Å². The van der Waals surface area contributed by atoms with Crippen LogP contribution in [0.25, 0.3) is 0 Å². The molecule has 2 aromatic carbocycles. The number of nitrogens with one attached hydrogen (secondary N) is 1. The molecule has 4 rings (SSSR count). The van der Waals surface area contributed by atoms with Crippen molar-refractivity contribution in [2.24, 2.45) is 7.05 Å². The summed E-state index contributed by atoms with van der Waals surface area (Å²) in [5.74, 6) is 1.92. The Kier molecular flexibility index (Phi) is 5.76. The van der Waals surface area contributed by atoms with Crippen LogP contribution in [0.5, 0.6) is 0 Å². The Morgan fingerprint density at radius 2 is 1.79 bits per heavy atom. The van der Waals surface area contributed by atoms with Crippen molar-refractivity contribution >= 4 is 17.7 Å². The maximum Gasteiger partial charge on any atom is 0.230 e. The topological polar surface area (TPSA) is 59.8 Å². The molecule has 0 unspecified atom stereocenters. The van der Waals surface area contributed by atoms with Crippen LogP contribution in [-0.4, -0.2) is 26.4 Å². The number of aromatic nitrogens is 3. The van der Waals surface area contributed by atoms with E-state index < -0.39 is 0 Å². The molecule has 1 saturated carbocycles. The van der Waals surface area contributed by atoms with Crippen molar-refractivity contribution in [2.45, 2.75) is 36.4 Å². The molecule has 1 aliphatic rings. The third kappa shape index (κ3) is 4.62. The van der Waals surface area contributed by atoms with Gasteiger partial charge in [0.2, 0.25) is 5.91 Å². The second-order valence-electron chi connectivity index (χ2n) is 7.18. The van der Waals surface area contributed by atoms with Gasteiger partial charge in [0, 0.05) is 13.0 Å². The minimum Gasteiger partial charge on any atom is -0.348 e. The van der Waals surface area contributed by atoms with Crippen LogP contribution in [0.3, 0.4) is 0 Å². The Hall–Kier alpha value is -2.60. The lowest BCUT2D eigenvalue weighted by Crippen LogP contribution is -2.31. The maximum absolute atomic E-state index is 12.7. The summed E-state index contributed by atoms with van der Waals surface area (Å²) in [5, 5.41) is 12.5. The smallest absolute Gasteiger partial charge is 0.230 e. The molecule has 6 heteroatoms. The molecular formula is C22H24N4OS. The number of hydrogen-bond donors (Lipinski definition) is 1. The van der Waals surface area contributed by atoms with Gasteiger partial charge in [0.15, 0.2) is 5.16 Å². The van der Waals surface area contributed by atoms with Gasteiger partial charge in [-0.2, -0.15) is 0 Å². The maximum atomic E-state index is 12.7. The third-order valence-corrected chi connectivity index (χ3v) is 5.98. The summed E-state index contributed by atoms with van der Waals surface area (Å²) in [4.78, 5) is 12.7. The van der Waals surface area contributed by atoms with Crippen molar-refractivity contribution in [2.75, 3.05) is 5.75 Å². The molecule has 0 spiro atoms. The number of benzene rings is 2. The summed E-state index contributed by atoms with van der Waals surface area (Å²) < 4.78 is 2.02. The van der Waals surface area contributed by atoms with E-state index in [1.807, 2.05) is 48.0 Å². The molecule has 0 radical (unpaired) electrons. The largest absolute Gasteiger partial charge is 0.348 e. The van der Waals surface area contributed by atoms with Gasteiger partial charge >= 0.3 is 0 Å². The molecular weight excluding hydrogens is 368 g/mol. The molecule has 1 atom stereocenters. The number of carbonyl (C=O) groups is 1. The van der Waals surface area contributed by atoms with E-state index in [1.165, 1.54) is 30.2 Å². The van der Waals surface area contributed by atoms with Gasteiger partial charge in [0.25, 0.3) is 0 Å². The summed E-state index contributed by atoms with van der Waals surface area (Å²) in [6, 6.07) is 20.3. The summed E-state index contributed by atoms with van der Waals surface area (Å²) in [7, 11) is 1.98. The van der Waals surface area contributed by atoms with E-state index in [-0.39, 0.29) is 11.9 Å². The number of amides is 1. The van der Waals surface area contributed by atoms with E-state index in [0.29, 0.717) is 11.7 Å². The van der Waals surface area contributed by atoms with Crippen molar-refractivity contribution in [3.63, 3.8) is 0 Å². The Morgan fingerprint density at radius 1 is 1.11 bits per heavy atom. The Bertz CT molecular complexity index is 922. The normalized spacial score (nSPS) is 14.6. The molecule has 1 amide bonds. The van der Waals surface area contributed by atoms with Crippen LogP contribution in [0, 0.1) is 0 Å². The highest BCUT2D eigenvalue weighted by atomic mass is 32.2. The zero-order valence-electron chi connectivity index (χ0n) is 15.9. The van der Waals surface area contributed by atoms with Gasteiger partial charge < -0.3 is 9.88 Å². The molecule has 1 aliphatic carbocycles. The first-order valence-electron chi connectivity index (χ1n) is 9.61. The highest BCUT2D eigenvalue weighted by Gasteiger charge is 2.29. The van der Waals surface area contributed by atoms with Crippen LogP contribution in [0.4, 0.5) is 0 Å². The van der Waals surface area contributed by atoms with E-state index in [1.54, 1.807) is 0 Å². The van der Waals surface area contributed by atoms with E-state index >= 15 is 0 Å². The van der Waals surface area contributed by atoms with Gasteiger partial charge in [-0.05, 0) is 30.4 Å². The van der Waals surface area contributed by atoms with Crippen LogP contribution >= 0.6 is 11.8 Å². The molecule has 3 aromatic rings. The Labute approximate surface area is 169 Å². The molecule has 0 bridgehead atoms.